The van der Waals surface area contributed by atoms with Crippen molar-refractivity contribution in [2.75, 3.05) is 18.5 Å². The van der Waals surface area contributed by atoms with Crippen molar-refractivity contribution in [1.29, 1.82) is 0 Å². The second-order valence-corrected chi connectivity index (χ2v) is 4.44. The van der Waals surface area contributed by atoms with Gasteiger partial charge in [-0.25, -0.2) is 0 Å². The number of anilines is 1. The van der Waals surface area contributed by atoms with E-state index in [0.29, 0.717) is 6.61 Å². The molecule has 0 heterocycles. The van der Waals surface area contributed by atoms with Crippen molar-refractivity contribution in [2.24, 2.45) is 0 Å². The Bertz CT molecular complexity index is 315. The fourth-order valence-electron chi connectivity index (χ4n) is 1.53. The maximum Gasteiger partial charge on any atom is 0.0455 e. The van der Waals surface area contributed by atoms with Gasteiger partial charge in [-0.1, -0.05) is 30.5 Å². The maximum absolute atomic E-state index is 8.63. The quantitative estimate of drug-likeness (QED) is 0.715. The fraction of sp³-hybridized carbons (Fsp3) is 0.538. The number of unbranched alkanes of at least 4 members (excludes halogenated alkanes) is 3. The SMILES string of the molecule is Cc1ccc(NCCCCCCO)cc1Cl. The summed E-state index contributed by atoms with van der Waals surface area (Å²) in [5, 5.41) is 12.8. The van der Waals surface area contributed by atoms with E-state index < -0.39 is 0 Å². The number of benzene rings is 1. The van der Waals surface area contributed by atoms with Crippen LogP contribution in [-0.4, -0.2) is 18.3 Å². The molecule has 1 aromatic carbocycles. The van der Waals surface area contributed by atoms with E-state index in [1.165, 1.54) is 0 Å². The Morgan fingerprint density at radius 2 is 1.94 bits per heavy atom. The molecule has 1 aromatic rings. The smallest absolute Gasteiger partial charge is 0.0455 e. The second kappa shape index (κ2) is 7.53. The first-order valence-electron chi connectivity index (χ1n) is 5.85. The molecule has 0 aliphatic rings. The van der Waals surface area contributed by atoms with Crippen LogP contribution in [0.1, 0.15) is 31.2 Å². The van der Waals surface area contributed by atoms with Crippen LogP contribution in [0.5, 0.6) is 0 Å². The zero-order valence-corrected chi connectivity index (χ0v) is 10.6. The number of aliphatic hydroxyl groups is 1. The number of rotatable bonds is 7. The highest BCUT2D eigenvalue weighted by Crippen LogP contribution is 2.19. The van der Waals surface area contributed by atoms with Crippen molar-refractivity contribution in [3.63, 3.8) is 0 Å². The van der Waals surface area contributed by atoms with Gasteiger partial charge < -0.3 is 10.4 Å². The summed E-state index contributed by atoms with van der Waals surface area (Å²) in [4.78, 5) is 0. The summed E-state index contributed by atoms with van der Waals surface area (Å²) in [6.07, 6.45) is 4.31. The zero-order valence-electron chi connectivity index (χ0n) is 9.80. The monoisotopic (exact) mass is 241 g/mol. The van der Waals surface area contributed by atoms with Gasteiger partial charge in [-0.3, -0.25) is 0 Å². The van der Waals surface area contributed by atoms with Gasteiger partial charge in [0, 0.05) is 23.9 Å². The molecule has 16 heavy (non-hydrogen) atoms. The number of halogens is 1. The minimum atomic E-state index is 0.307. The van der Waals surface area contributed by atoms with Crippen LogP contribution in [0.4, 0.5) is 5.69 Å². The van der Waals surface area contributed by atoms with Gasteiger partial charge in [0.15, 0.2) is 0 Å². The van der Waals surface area contributed by atoms with E-state index in [2.05, 4.69) is 11.4 Å². The Hall–Kier alpha value is -0.730. The van der Waals surface area contributed by atoms with Crippen LogP contribution < -0.4 is 5.32 Å². The van der Waals surface area contributed by atoms with Crippen LogP contribution in [0.3, 0.4) is 0 Å². The molecule has 0 radical (unpaired) electrons. The van der Waals surface area contributed by atoms with Gasteiger partial charge in [0.1, 0.15) is 0 Å². The van der Waals surface area contributed by atoms with Crippen molar-refractivity contribution in [2.45, 2.75) is 32.6 Å². The molecule has 0 fully saturated rings. The van der Waals surface area contributed by atoms with Crippen molar-refractivity contribution < 1.29 is 5.11 Å². The number of nitrogens with one attached hydrogen (secondary N) is 1. The highest BCUT2D eigenvalue weighted by molar-refractivity contribution is 6.31. The number of hydrogen-bond acceptors (Lipinski definition) is 2. The van der Waals surface area contributed by atoms with E-state index in [1.807, 2.05) is 19.1 Å². The van der Waals surface area contributed by atoms with Gasteiger partial charge in [-0.05, 0) is 37.5 Å². The Labute approximate surface area is 103 Å². The van der Waals surface area contributed by atoms with E-state index in [-0.39, 0.29) is 0 Å². The van der Waals surface area contributed by atoms with Gasteiger partial charge in [-0.2, -0.15) is 0 Å². The summed E-state index contributed by atoms with van der Waals surface area (Å²) >= 11 is 6.03. The van der Waals surface area contributed by atoms with Gasteiger partial charge in [0.25, 0.3) is 0 Å². The lowest BCUT2D eigenvalue weighted by Gasteiger charge is -2.07. The summed E-state index contributed by atoms with van der Waals surface area (Å²) in [5.74, 6) is 0. The van der Waals surface area contributed by atoms with Gasteiger partial charge >= 0.3 is 0 Å². The van der Waals surface area contributed by atoms with Crippen LogP contribution in [0.25, 0.3) is 0 Å². The molecular weight excluding hydrogens is 222 g/mol. The first-order valence-corrected chi connectivity index (χ1v) is 6.22. The van der Waals surface area contributed by atoms with E-state index >= 15 is 0 Å². The minimum Gasteiger partial charge on any atom is -0.396 e. The highest BCUT2D eigenvalue weighted by atomic mass is 35.5. The average Bonchev–Trinajstić information content (AvgIpc) is 2.28. The summed E-state index contributed by atoms with van der Waals surface area (Å²) in [6, 6.07) is 6.04. The molecule has 90 valence electrons. The van der Waals surface area contributed by atoms with Crippen molar-refractivity contribution in [1.82, 2.24) is 0 Å². The Morgan fingerprint density at radius 3 is 2.62 bits per heavy atom. The molecule has 2 N–H and O–H groups in total. The normalized spacial score (nSPS) is 10.4. The van der Waals surface area contributed by atoms with Crippen LogP contribution in [0, 0.1) is 6.92 Å². The van der Waals surface area contributed by atoms with E-state index in [4.69, 9.17) is 16.7 Å². The molecule has 2 nitrogen and oxygen atoms in total. The first kappa shape index (κ1) is 13.3. The standard InChI is InChI=1S/C13H20ClNO/c1-11-6-7-12(10-13(11)14)15-8-4-2-3-5-9-16/h6-7,10,15-16H,2-5,8-9H2,1H3. The number of aliphatic hydroxyl groups excluding tert-OH is 1. The molecule has 0 unspecified atom stereocenters. The third-order valence-electron chi connectivity index (χ3n) is 2.59. The molecule has 0 saturated heterocycles. The highest BCUT2D eigenvalue weighted by Gasteiger charge is 1.97. The van der Waals surface area contributed by atoms with Crippen molar-refractivity contribution >= 4 is 17.3 Å². The first-order chi connectivity index (χ1) is 7.74. The number of hydrogen-bond donors (Lipinski definition) is 2. The minimum absolute atomic E-state index is 0.307. The van der Waals surface area contributed by atoms with E-state index in [9.17, 15) is 0 Å². The molecule has 0 aromatic heterocycles. The van der Waals surface area contributed by atoms with Crippen LogP contribution in [0.2, 0.25) is 5.02 Å². The van der Waals surface area contributed by atoms with Gasteiger partial charge in [0.05, 0.1) is 0 Å². The van der Waals surface area contributed by atoms with Gasteiger partial charge in [0.2, 0.25) is 0 Å². The molecule has 0 amide bonds. The third-order valence-corrected chi connectivity index (χ3v) is 2.99. The van der Waals surface area contributed by atoms with Crippen LogP contribution in [0.15, 0.2) is 18.2 Å². The third kappa shape index (κ3) is 4.86. The maximum atomic E-state index is 8.63. The Balaban J connectivity index is 2.19. The van der Waals surface area contributed by atoms with Crippen molar-refractivity contribution in [3.05, 3.63) is 28.8 Å². The average molecular weight is 242 g/mol. The molecular formula is C13H20ClNO. The molecule has 0 aliphatic heterocycles. The van der Waals surface area contributed by atoms with E-state index in [0.717, 1.165) is 48.5 Å². The summed E-state index contributed by atoms with van der Waals surface area (Å²) in [6.45, 7) is 3.27. The number of aryl methyl sites for hydroxylation is 1. The topological polar surface area (TPSA) is 32.3 Å². The van der Waals surface area contributed by atoms with E-state index in [1.54, 1.807) is 0 Å². The lowest BCUT2D eigenvalue weighted by atomic mass is 10.2. The molecule has 0 spiro atoms. The van der Waals surface area contributed by atoms with Crippen LogP contribution in [-0.2, 0) is 0 Å². The lowest BCUT2D eigenvalue weighted by Crippen LogP contribution is -2.01. The lowest BCUT2D eigenvalue weighted by molar-refractivity contribution is 0.283. The van der Waals surface area contributed by atoms with Crippen LogP contribution >= 0.6 is 11.6 Å². The molecule has 0 saturated carbocycles. The summed E-state index contributed by atoms with van der Waals surface area (Å²) < 4.78 is 0. The zero-order chi connectivity index (χ0) is 11.8. The predicted molar refractivity (Wildman–Crippen MR) is 70.2 cm³/mol. The predicted octanol–water partition coefficient (Wildman–Crippen LogP) is 3.61. The molecule has 0 bridgehead atoms. The molecule has 1 rings (SSSR count). The molecule has 3 heteroatoms. The summed E-state index contributed by atoms with van der Waals surface area (Å²) in [7, 11) is 0. The molecule has 0 atom stereocenters. The van der Waals surface area contributed by atoms with Crippen molar-refractivity contribution in [3.8, 4) is 0 Å². The largest absolute Gasteiger partial charge is 0.396 e. The van der Waals surface area contributed by atoms with Gasteiger partial charge in [-0.15, -0.1) is 0 Å². The second-order valence-electron chi connectivity index (χ2n) is 4.03. The Morgan fingerprint density at radius 1 is 1.19 bits per heavy atom. The molecule has 0 aliphatic carbocycles. The Kier molecular flexibility index (Phi) is 6.27. The summed E-state index contributed by atoms with van der Waals surface area (Å²) in [5.41, 5.74) is 2.19. The fourth-order valence-corrected chi connectivity index (χ4v) is 1.71.